The molecule has 0 aliphatic heterocycles. The SMILES string of the molecule is CCOC(Cc1cccc(C)c1)OCC. The van der Waals surface area contributed by atoms with Gasteiger partial charge in [-0.15, -0.1) is 0 Å². The summed E-state index contributed by atoms with van der Waals surface area (Å²) in [6, 6.07) is 8.45. The molecule has 15 heavy (non-hydrogen) atoms. The van der Waals surface area contributed by atoms with E-state index in [1.807, 2.05) is 13.8 Å². The van der Waals surface area contributed by atoms with E-state index in [9.17, 15) is 0 Å². The lowest BCUT2D eigenvalue weighted by molar-refractivity contribution is -0.134. The standard InChI is InChI=1S/C13H20O2/c1-4-14-13(15-5-2)10-12-8-6-7-11(3)9-12/h6-9,13H,4-5,10H2,1-3H3. The third-order valence-electron chi connectivity index (χ3n) is 2.19. The van der Waals surface area contributed by atoms with Crippen LogP contribution in [0, 0.1) is 6.92 Å². The molecule has 84 valence electrons. The monoisotopic (exact) mass is 208 g/mol. The van der Waals surface area contributed by atoms with Crippen molar-refractivity contribution in [2.24, 2.45) is 0 Å². The number of hydrogen-bond donors (Lipinski definition) is 0. The topological polar surface area (TPSA) is 18.5 Å². The van der Waals surface area contributed by atoms with E-state index in [4.69, 9.17) is 9.47 Å². The molecular weight excluding hydrogens is 188 g/mol. The number of aryl methyl sites for hydroxylation is 1. The molecule has 0 unspecified atom stereocenters. The van der Waals surface area contributed by atoms with Gasteiger partial charge in [0, 0.05) is 19.6 Å². The Kier molecular flexibility index (Phi) is 5.37. The Bertz CT molecular complexity index is 278. The molecule has 0 aliphatic carbocycles. The Morgan fingerprint density at radius 2 is 1.80 bits per heavy atom. The molecule has 1 aromatic carbocycles. The molecule has 0 spiro atoms. The van der Waals surface area contributed by atoms with E-state index in [-0.39, 0.29) is 6.29 Å². The van der Waals surface area contributed by atoms with Crippen molar-refractivity contribution in [2.75, 3.05) is 13.2 Å². The van der Waals surface area contributed by atoms with E-state index >= 15 is 0 Å². The van der Waals surface area contributed by atoms with Gasteiger partial charge in [0.2, 0.25) is 0 Å². The highest BCUT2D eigenvalue weighted by atomic mass is 16.7. The van der Waals surface area contributed by atoms with Crippen LogP contribution in [0.4, 0.5) is 0 Å². The Labute approximate surface area is 92.2 Å². The molecule has 0 bridgehead atoms. The summed E-state index contributed by atoms with van der Waals surface area (Å²) in [4.78, 5) is 0. The first-order valence-corrected chi connectivity index (χ1v) is 5.55. The molecule has 0 radical (unpaired) electrons. The van der Waals surface area contributed by atoms with E-state index in [1.165, 1.54) is 11.1 Å². The predicted octanol–water partition coefficient (Wildman–Crippen LogP) is 2.94. The number of ether oxygens (including phenoxy) is 2. The lowest BCUT2D eigenvalue weighted by atomic mass is 10.1. The van der Waals surface area contributed by atoms with Crippen molar-refractivity contribution in [3.8, 4) is 0 Å². The van der Waals surface area contributed by atoms with Crippen LogP contribution < -0.4 is 0 Å². The maximum absolute atomic E-state index is 5.50. The predicted molar refractivity (Wildman–Crippen MR) is 61.9 cm³/mol. The summed E-state index contributed by atoms with van der Waals surface area (Å²) in [5.74, 6) is 0. The van der Waals surface area contributed by atoms with Gasteiger partial charge < -0.3 is 9.47 Å². The van der Waals surface area contributed by atoms with Crippen LogP contribution in [0.25, 0.3) is 0 Å². The second-order valence-electron chi connectivity index (χ2n) is 3.53. The Morgan fingerprint density at radius 3 is 2.33 bits per heavy atom. The maximum atomic E-state index is 5.50. The third kappa shape index (κ3) is 4.45. The van der Waals surface area contributed by atoms with Gasteiger partial charge in [0.15, 0.2) is 6.29 Å². The number of hydrogen-bond acceptors (Lipinski definition) is 2. The molecule has 0 atom stereocenters. The fourth-order valence-electron chi connectivity index (χ4n) is 1.57. The van der Waals surface area contributed by atoms with Crippen LogP contribution in [0.5, 0.6) is 0 Å². The largest absolute Gasteiger partial charge is 0.353 e. The number of benzene rings is 1. The van der Waals surface area contributed by atoms with Crippen molar-refractivity contribution in [2.45, 2.75) is 33.5 Å². The molecule has 0 fully saturated rings. The lowest BCUT2D eigenvalue weighted by Gasteiger charge is -2.16. The lowest BCUT2D eigenvalue weighted by Crippen LogP contribution is -2.20. The maximum Gasteiger partial charge on any atom is 0.161 e. The van der Waals surface area contributed by atoms with Gasteiger partial charge in [0.05, 0.1) is 0 Å². The average molecular weight is 208 g/mol. The highest BCUT2D eigenvalue weighted by Crippen LogP contribution is 2.09. The molecule has 0 saturated carbocycles. The first kappa shape index (κ1) is 12.2. The second-order valence-corrected chi connectivity index (χ2v) is 3.53. The van der Waals surface area contributed by atoms with Gasteiger partial charge in [0.1, 0.15) is 0 Å². The Hall–Kier alpha value is -0.860. The van der Waals surface area contributed by atoms with Crippen molar-refractivity contribution in [1.29, 1.82) is 0 Å². The van der Waals surface area contributed by atoms with Gasteiger partial charge in [-0.3, -0.25) is 0 Å². The summed E-state index contributed by atoms with van der Waals surface area (Å²) in [5, 5.41) is 0. The smallest absolute Gasteiger partial charge is 0.161 e. The molecule has 0 aliphatic rings. The van der Waals surface area contributed by atoms with Gasteiger partial charge >= 0.3 is 0 Å². The van der Waals surface area contributed by atoms with Crippen LogP contribution in [-0.2, 0) is 15.9 Å². The van der Waals surface area contributed by atoms with Crippen LogP contribution in [-0.4, -0.2) is 19.5 Å². The van der Waals surface area contributed by atoms with Crippen LogP contribution in [0.2, 0.25) is 0 Å². The normalized spacial score (nSPS) is 10.9. The minimum Gasteiger partial charge on any atom is -0.353 e. The van der Waals surface area contributed by atoms with Crippen molar-refractivity contribution in [1.82, 2.24) is 0 Å². The summed E-state index contributed by atoms with van der Waals surface area (Å²) in [7, 11) is 0. The highest BCUT2D eigenvalue weighted by molar-refractivity contribution is 5.22. The first-order valence-electron chi connectivity index (χ1n) is 5.55. The van der Waals surface area contributed by atoms with Crippen LogP contribution in [0.15, 0.2) is 24.3 Å². The molecule has 2 nitrogen and oxygen atoms in total. The van der Waals surface area contributed by atoms with E-state index in [1.54, 1.807) is 0 Å². The molecule has 0 aromatic heterocycles. The van der Waals surface area contributed by atoms with Crippen LogP contribution in [0.3, 0.4) is 0 Å². The average Bonchev–Trinajstić information content (AvgIpc) is 2.18. The molecular formula is C13H20O2. The van der Waals surface area contributed by atoms with Crippen LogP contribution >= 0.6 is 0 Å². The van der Waals surface area contributed by atoms with E-state index in [0.29, 0.717) is 13.2 Å². The second kappa shape index (κ2) is 6.59. The van der Waals surface area contributed by atoms with Gasteiger partial charge in [-0.1, -0.05) is 29.8 Å². The minimum atomic E-state index is -0.109. The van der Waals surface area contributed by atoms with Crippen molar-refractivity contribution >= 4 is 0 Å². The molecule has 0 amide bonds. The molecule has 1 rings (SSSR count). The highest BCUT2D eigenvalue weighted by Gasteiger charge is 2.08. The van der Waals surface area contributed by atoms with E-state index in [2.05, 4.69) is 31.2 Å². The van der Waals surface area contributed by atoms with E-state index in [0.717, 1.165) is 6.42 Å². The molecule has 0 N–H and O–H groups in total. The summed E-state index contributed by atoms with van der Waals surface area (Å²) < 4.78 is 11.0. The first-order chi connectivity index (χ1) is 7.26. The summed E-state index contributed by atoms with van der Waals surface area (Å²) in [5.41, 5.74) is 2.54. The number of rotatable bonds is 6. The van der Waals surface area contributed by atoms with Crippen molar-refractivity contribution < 1.29 is 9.47 Å². The minimum absolute atomic E-state index is 0.109. The molecule has 1 aromatic rings. The van der Waals surface area contributed by atoms with E-state index < -0.39 is 0 Å². The zero-order chi connectivity index (χ0) is 11.1. The zero-order valence-electron chi connectivity index (χ0n) is 9.82. The van der Waals surface area contributed by atoms with Gasteiger partial charge in [-0.2, -0.15) is 0 Å². The zero-order valence-corrected chi connectivity index (χ0v) is 9.82. The Balaban J connectivity index is 2.56. The quantitative estimate of drug-likeness (QED) is 0.669. The molecule has 0 saturated heterocycles. The summed E-state index contributed by atoms with van der Waals surface area (Å²) in [6.45, 7) is 7.46. The Morgan fingerprint density at radius 1 is 1.13 bits per heavy atom. The van der Waals surface area contributed by atoms with Crippen LogP contribution in [0.1, 0.15) is 25.0 Å². The fourth-order valence-corrected chi connectivity index (χ4v) is 1.57. The van der Waals surface area contributed by atoms with Crippen molar-refractivity contribution in [3.63, 3.8) is 0 Å². The summed E-state index contributed by atoms with van der Waals surface area (Å²) in [6.07, 6.45) is 0.713. The van der Waals surface area contributed by atoms with Gasteiger partial charge in [-0.05, 0) is 26.3 Å². The van der Waals surface area contributed by atoms with Gasteiger partial charge in [-0.25, -0.2) is 0 Å². The summed E-state index contributed by atoms with van der Waals surface area (Å²) >= 11 is 0. The third-order valence-corrected chi connectivity index (χ3v) is 2.19. The molecule has 2 heteroatoms. The molecule has 0 heterocycles. The van der Waals surface area contributed by atoms with Gasteiger partial charge in [0.25, 0.3) is 0 Å². The fraction of sp³-hybridized carbons (Fsp3) is 0.538. The van der Waals surface area contributed by atoms with Crippen molar-refractivity contribution in [3.05, 3.63) is 35.4 Å².